The molecule has 3 aromatic carbocycles. The van der Waals surface area contributed by atoms with E-state index >= 15 is 0 Å². The van der Waals surface area contributed by atoms with Gasteiger partial charge in [0.1, 0.15) is 11.5 Å². The number of fused-ring (bicyclic) bond motifs is 1. The van der Waals surface area contributed by atoms with Crippen LogP contribution in [0.15, 0.2) is 72.5 Å². The van der Waals surface area contributed by atoms with Crippen LogP contribution in [0.2, 0.25) is 0 Å². The molecular formula is C23H15NO6. The van der Waals surface area contributed by atoms with Crippen molar-refractivity contribution in [2.75, 3.05) is 0 Å². The molecule has 4 rings (SSSR count). The Bertz CT molecular complexity index is 1210. The Labute approximate surface area is 171 Å². The van der Waals surface area contributed by atoms with Gasteiger partial charge in [-0.3, -0.25) is 14.9 Å². The maximum absolute atomic E-state index is 12.6. The monoisotopic (exact) mass is 401 g/mol. The van der Waals surface area contributed by atoms with Crippen LogP contribution in [-0.2, 0) is 0 Å². The van der Waals surface area contributed by atoms with Crippen LogP contribution in [0, 0.1) is 17.0 Å². The minimum absolute atomic E-state index is 0.0347. The Balaban J connectivity index is 1.55. The largest absolute Gasteiger partial charge is 0.452 e. The van der Waals surface area contributed by atoms with Gasteiger partial charge < -0.3 is 9.47 Å². The zero-order valence-corrected chi connectivity index (χ0v) is 15.8. The number of nitro benzene ring substituents is 1. The number of allylic oxidation sites excluding steroid dienone is 1. The standard InChI is InChI=1S/C23H15NO6/c1-14-5-7-16(8-6-14)23(26)29-18-9-10-19-20(13-18)30-21(22(19)25)12-15-3-2-4-17(11-15)24(27)28/h2-13H,1H3/b21-12+. The number of aryl methyl sites for hydroxylation is 1. The number of ketones is 1. The molecule has 1 heterocycles. The highest BCUT2D eigenvalue weighted by atomic mass is 16.6. The zero-order valence-electron chi connectivity index (χ0n) is 15.8. The molecule has 148 valence electrons. The molecule has 7 nitrogen and oxygen atoms in total. The van der Waals surface area contributed by atoms with Crippen molar-refractivity contribution in [3.05, 3.63) is 105 Å². The van der Waals surface area contributed by atoms with E-state index in [1.54, 1.807) is 18.2 Å². The van der Waals surface area contributed by atoms with E-state index in [2.05, 4.69) is 0 Å². The van der Waals surface area contributed by atoms with Crippen molar-refractivity contribution in [1.82, 2.24) is 0 Å². The van der Waals surface area contributed by atoms with Crippen molar-refractivity contribution in [1.29, 1.82) is 0 Å². The lowest BCUT2D eigenvalue weighted by atomic mass is 10.1. The molecule has 0 unspecified atom stereocenters. The zero-order chi connectivity index (χ0) is 21.3. The molecule has 0 aromatic heterocycles. The number of hydrogen-bond donors (Lipinski definition) is 0. The van der Waals surface area contributed by atoms with Gasteiger partial charge in [0.15, 0.2) is 5.76 Å². The third kappa shape index (κ3) is 3.81. The van der Waals surface area contributed by atoms with Crippen LogP contribution in [0.4, 0.5) is 5.69 Å². The number of carbonyl (C=O) groups excluding carboxylic acids is 2. The number of carbonyl (C=O) groups is 2. The maximum atomic E-state index is 12.6. The summed E-state index contributed by atoms with van der Waals surface area (Å²) < 4.78 is 11.0. The normalized spacial score (nSPS) is 13.6. The molecule has 0 saturated heterocycles. The number of esters is 1. The van der Waals surface area contributed by atoms with E-state index in [9.17, 15) is 19.7 Å². The molecule has 0 N–H and O–H groups in total. The number of benzene rings is 3. The Hall–Kier alpha value is -4.26. The van der Waals surface area contributed by atoms with Gasteiger partial charge in [0.2, 0.25) is 5.78 Å². The van der Waals surface area contributed by atoms with Gasteiger partial charge in [0.25, 0.3) is 5.69 Å². The number of nitro groups is 1. The van der Waals surface area contributed by atoms with E-state index in [0.29, 0.717) is 16.7 Å². The van der Waals surface area contributed by atoms with E-state index in [0.717, 1.165) is 5.56 Å². The molecule has 7 heteroatoms. The van der Waals surface area contributed by atoms with E-state index in [1.165, 1.54) is 42.5 Å². The molecule has 3 aromatic rings. The smallest absolute Gasteiger partial charge is 0.343 e. The minimum Gasteiger partial charge on any atom is -0.452 e. The van der Waals surface area contributed by atoms with Crippen LogP contribution < -0.4 is 9.47 Å². The van der Waals surface area contributed by atoms with Crippen LogP contribution in [0.5, 0.6) is 11.5 Å². The van der Waals surface area contributed by atoms with Crippen molar-refractivity contribution in [3.63, 3.8) is 0 Å². The van der Waals surface area contributed by atoms with Crippen LogP contribution in [0.1, 0.15) is 31.8 Å². The first kappa shape index (κ1) is 19.1. The summed E-state index contributed by atoms with van der Waals surface area (Å²) in [6, 6.07) is 17.3. The number of ether oxygens (including phenoxy) is 2. The summed E-state index contributed by atoms with van der Waals surface area (Å²) in [5.74, 6) is -0.346. The summed E-state index contributed by atoms with van der Waals surface area (Å²) in [5, 5.41) is 10.9. The number of hydrogen-bond acceptors (Lipinski definition) is 6. The lowest BCUT2D eigenvalue weighted by molar-refractivity contribution is -0.384. The van der Waals surface area contributed by atoms with E-state index < -0.39 is 10.9 Å². The van der Waals surface area contributed by atoms with Crippen LogP contribution in [-0.4, -0.2) is 16.7 Å². The molecule has 0 amide bonds. The molecule has 30 heavy (non-hydrogen) atoms. The highest BCUT2D eigenvalue weighted by Gasteiger charge is 2.28. The van der Waals surface area contributed by atoms with Gasteiger partial charge in [-0.2, -0.15) is 0 Å². The molecule has 0 fully saturated rings. The van der Waals surface area contributed by atoms with Gasteiger partial charge in [0.05, 0.1) is 16.1 Å². The van der Waals surface area contributed by atoms with Crippen LogP contribution in [0.3, 0.4) is 0 Å². The average molecular weight is 401 g/mol. The highest BCUT2D eigenvalue weighted by Crippen LogP contribution is 2.35. The molecule has 0 bridgehead atoms. The summed E-state index contributed by atoms with van der Waals surface area (Å²) in [6.07, 6.45) is 1.44. The predicted molar refractivity (Wildman–Crippen MR) is 109 cm³/mol. The maximum Gasteiger partial charge on any atom is 0.343 e. The first-order chi connectivity index (χ1) is 14.4. The first-order valence-electron chi connectivity index (χ1n) is 9.02. The summed E-state index contributed by atoms with van der Waals surface area (Å²) >= 11 is 0. The van der Waals surface area contributed by atoms with E-state index in [-0.39, 0.29) is 28.7 Å². The van der Waals surface area contributed by atoms with Gasteiger partial charge >= 0.3 is 5.97 Å². The van der Waals surface area contributed by atoms with Crippen LogP contribution >= 0.6 is 0 Å². The predicted octanol–water partition coefficient (Wildman–Crippen LogP) is 4.74. The Morgan fingerprint density at radius 3 is 2.57 bits per heavy atom. The molecule has 0 saturated carbocycles. The van der Waals surface area contributed by atoms with Crippen LogP contribution in [0.25, 0.3) is 6.08 Å². The number of Topliss-reactive ketones (excluding diaryl/α,β-unsaturated/α-hetero) is 1. The summed E-state index contributed by atoms with van der Waals surface area (Å²) in [5.41, 5.74) is 2.13. The van der Waals surface area contributed by atoms with E-state index in [1.807, 2.05) is 19.1 Å². The fourth-order valence-electron chi connectivity index (χ4n) is 2.97. The van der Waals surface area contributed by atoms with Gasteiger partial charge in [-0.25, -0.2) is 4.79 Å². The second kappa shape index (κ2) is 7.63. The fourth-order valence-corrected chi connectivity index (χ4v) is 2.97. The molecule has 1 aliphatic rings. The molecular weight excluding hydrogens is 386 g/mol. The van der Waals surface area contributed by atoms with Crippen molar-refractivity contribution < 1.29 is 24.0 Å². The molecule has 0 atom stereocenters. The Morgan fingerprint density at radius 2 is 1.83 bits per heavy atom. The second-order valence-electron chi connectivity index (χ2n) is 6.71. The van der Waals surface area contributed by atoms with Crippen molar-refractivity contribution in [2.45, 2.75) is 6.92 Å². The Kier molecular flexibility index (Phi) is 4.85. The minimum atomic E-state index is -0.522. The Morgan fingerprint density at radius 1 is 1.07 bits per heavy atom. The molecule has 0 aliphatic carbocycles. The molecule has 0 radical (unpaired) electrons. The SMILES string of the molecule is Cc1ccc(C(=O)Oc2ccc3c(c2)O/C(=C/c2cccc([N+](=O)[O-])c2)C3=O)cc1. The molecule has 0 spiro atoms. The number of nitrogens with zero attached hydrogens (tertiary/aromatic N) is 1. The fraction of sp³-hybridized carbons (Fsp3) is 0.0435. The quantitative estimate of drug-likeness (QED) is 0.206. The van der Waals surface area contributed by atoms with Crippen molar-refractivity contribution >= 4 is 23.5 Å². The lowest BCUT2D eigenvalue weighted by Crippen LogP contribution is -2.08. The number of non-ortho nitro benzene ring substituents is 1. The second-order valence-corrected chi connectivity index (χ2v) is 6.71. The van der Waals surface area contributed by atoms with E-state index in [4.69, 9.17) is 9.47 Å². The first-order valence-corrected chi connectivity index (χ1v) is 9.02. The topological polar surface area (TPSA) is 95.7 Å². The highest BCUT2D eigenvalue weighted by molar-refractivity contribution is 6.14. The molecule has 1 aliphatic heterocycles. The lowest BCUT2D eigenvalue weighted by Gasteiger charge is -2.06. The third-order valence-electron chi connectivity index (χ3n) is 4.52. The third-order valence-corrected chi connectivity index (χ3v) is 4.52. The summed E-state index contributed by atoms with van der Waals surface area (Å²) in [7, 11) is 0. The van der Waals surface area contributed by atoms with Gasteiger partial charge in [-0.15, -0.1) is 0 Å². The van der Waals surface area contributed by atoms with Crippen molar-refractivity contribution in [2.24, 2.45) is 0 Å². The summed E-state index contributed by atoms with van der Waals surface area (Å²) in [6.45, 7) is 1.92. The summed E-state index contributed by atoms with van der Waals surface area (Å²) in [4.78, 5) is 35.3. The van der Waals surface area contributed by atoms with Crippen molar-refractivity contribution in [3.8, 4) is 11.5 Å². The average Bonchev–Trinajstić information content (AvgIpc) is 3.03. The van der Waals surface area contributed by atoms with Gasteiger partial charge in [-0.05, 0) is 42.8 Å². The van der Waals surface area contributed by atoms with Gasteiger partial charge in [0, 0.05) is 18.2 Å². The number of rotatable bonds is 4. The van der Waals surface area contributed by atoms with Gasteiger partial charge in [-0.1, -0.05) is 29.8 Å².